The van der Waals surface area contributed by atoms with Crippen molar-refractivity contribution >= 4 is 12.0 Å². The molecule has 1 heterocycles. The van der Waals surface area contributed by atoms with Crippen molar-refractivity contribution in [1.29, 1.82) is 0 Å². The van der Waals surface area contributed by atoms with Crippen molar-refractivity contribution < 1.29 is 24.2 Å². The van der Waals surface area contributed by atoms with Crippen LogP contribution in [0.1, 0.15) is 18.0 Å². The minimum Gasteiger partial charge on any atom is -0.497 e. The summed E-state index contributed by atoms with van der Waals surface area (Å²) < 4.78 is 10.2. The highest BCUT2D eigenvalue weighted by Crippen LogP contribution is 2.21. The fraction of sp³-hybridized carbons (Fsp3) is 0.467. The number of carbonyl (C=O) groups is 2. The van der Waals surface area contributed by atoms with E-state index >= 15 is 0 Å². The smallest absolute Gasteiger partial charge is 0.318 e. The zero-order chi connectivity index (χ0) is 16.1. The van der Waals surface area contributed by atoms with Gasteiger partial charge in [0, 0.05) is 7.11 Å². The van der Waals surface area contributed by atoms with Gasteiger partial charge >= 0.3 is 12.0 Å². The Hall–Kier alpha value is -2.28. The van der Waals surface area contributed by atoms with Crippen LogP contribution in [-0.4, -0.2) is 55.4 Å². The predicted molar refractivity (Wildman–Crippen MR) is 78.9 cm³/mol. The van der Waals surface area contributed by atoms with Crippen molar-refractivity contribution in [3.8, 4) is 5.75 Å². The highest BCUT2D eigenvalue weighted by atomic mass is 16.5. The molecule has 1 aliphatic rings. The highest BCUT2D eigenvalue weighted by molar-refractivity contribution is 5.77. The van der Waals surface area contributed by atoms with Crippen molar-refractivity contribution in [1.82, 2.24) is 10.2 Å². The van der Waals surface area contributed by atoms with Gasteiger partial charge in [-0.25, -0.2) is 4.79 Å². The Balaban J connectivity index is 2.02. The fourth-order valence-corrected chi connectivity index (χ4v) is 2.26. The predicted octanol–water partition coefficient (Wildman–Crippen LogP) is 1.25. The second-order valence-corrected chi connectivity index (χ2v) is 5.14. The van der Waals surface area contributed by atoms with Gasteiger partial charge in [-0.15, -0.1) is 0 Å². The number of carboxylic acids is 1. The number of ether oxygens (including phenoxy) is 2. The molecular formula is C15H20N2O5. The van der Waals surface area contributed by atoms with Crippen molar-refractivity contribution in [3.63, 3.8) is 0 Å². The largest absolute Gasteiger partial charge is 0.497 e. The summed E-state index contributed by atoms with van der Waals surface area (Å²) in [4.78, 5) is 24.7. The van der Waals surface area contributed by atoms with Gasteiger partial charge in [0.2, 0.25) is 0 Å². The lowest BCUT2D eigenvalue weighted by Gasteiger charge is -2.38. The number of likely N-dealkylation sites (tertiary alicyclic amines) is 1. The number of nitrogens with one attached hydrogen (secondary N) is 1. The third-order valence-corrected chi connectivity index (χ3v) is 3.66. The number of carbonyl (C=O) groups excluding carboxylic acids is 1. The molecule has 2 N–H and O–H groups in total. The van der Waals surface area contributed by atoms with Crippen LogP contribution in [0.5, 0.6) is 5.75 Å². The average molecular weight is 308 g/mol. The number of carboxylic acid groups (broad SMARTS) is 1. The molecule has 0 aromatic heterocycles. The first-order valence-electron chi connectivity index (χ1n) is 6.97. The molecule has 1 unspecified atom stereocenters. The topological polar surface area (TPSA) is 88.1 Å². The molecule has 7 nitrogen and oxygen atoms in total. The standard InChI is InChI=1S/C15H20N2O5/c1-21-11-5-3-10(4-6-11)13(7-14(18)19)16-15(20)17-8-12(9-17)22-2/h3-6,12-13H,7-9H2,1-2H3,(H,16,20)(H,18,19). The fourth-order valence-electron chi connectivity index (χ4n) is 2.26. The maximum Gasteiger partial charge on any atom is 0.318 e. The van der Waals surface area contributed by atoms with Crippen molar-refractivity contribution in [2.45, 2.75) is 18.6 Å². The Morgan fingerprint density at radius 2 is 1.95 bits per heavy atom. The van der Waals surface area contributed by atoms with Gasteiger partial charge in [-0.3, -0.25) is 4.79 Å². The zero-order valence-corrected chi connectivity index (χ0v) is 12.6. The molecule has 22 heavy (non-hydrogen) atoms. The summed E-state index contributed by atoms with van der Waals surface area (Å²) in [5.41, 5.74) is 0.723. The van der Waals surface area contributed by atoms with Crippen molar-refractivity contribution in [3.05, 3.63) is 29.8 Å². The quantitative estimate of drug-likeness (QED) is 0.826. The van der Waals surface area contributed by atoms with E-state index in [2.05, 4.69) is 5.32 Å². The summed E-state index contributed by atoms with van der Waals surface area (Å²) in [6.45, 7) is 1.04. The van der Waals surface area contributed by atoms with Crippen LogP contribution in [0, 0.1) is 0 Å². The molecule has 1 aliphatic heterocycles. The first kappa shape index (κ1) is 16.1. The molecule has 0 aliphatic carbocycles. The van der Waals surface area contributed by atoms with Crippen LogP contribution in [0.25, 0.3) is 0 Å². The molecule has 1 atom stereocenters. The minimum atomic E-state index is -0.973. The van der Waals surface area contributed by atoms with Crippen LogP contribution < -0.4 is 10.1 Å². The van der Waals surface area contributed by atoms with E-state index in [1.807, 2.05) is 0 Å². The Kier molecular flexibility index (Phi) is 5.21. The number of rotatable bonds is 6. The van der Waals surface area contributed by atoms with E-state index < -0.39 is 12.0 Å². The molecule has 7 heteroatoms. The Labute approximate surface area is 128 Å². The second-order valence-electron chi connectivity index (χ2n) is 5.14. The first-order chi connectivity index (χ1) is 10.5. The maximum absolute atomic E-state index is 12.1. The number of hydrogen-bond donors (Lipinski definition) is 2. The van der Waals surface area contributed by atoms with Crippen molar-refractivity contribution in [2.75, 3.05) is 27.3 Å². The lowest BCUT2D eigenvalue weighted by atomic mass is 10.0. The molecular weight excluding hydrogens is 288 g/mol. The van der Waals surface area contributed by atoms with E-state index in [4.69, 9.17) is 14.6 Å². The van der Waals surface area contributed by atoms with Crippen LogP contribution in [0.15, 0.2) is 24.3 Å². The summed E-state index contributed by atoms with van der Waals surface area (Å²) in [6.07, 6.45) is -0.121. The van der Waals surface area contributed by atoms with E-state index in [9.17, 15) is 9.59 Å². The molecule has 2 amide bonds. The Bertz CT molecular complexity index is 525. The minimum absolute atomic E-state index is 0.0599. The average Bonchev–Trinajstić information content (AvgIpc) is 2.45. The van der Waals surface area contributed by atoms with E-state index in [1.165, 1.54) is 0 Å². The van der Waals surface area contributed by atoms with Gasteiger partial charge < -0.3 is 24.8 Å². The first-order valence-corrected chi connectivity index (χ1v) is 6.97. The lowest BCUT2D eigenvalue weighted by molar-refractivity contribution is -0.137. The number of urea groups is 1. The molecule has 1 aromatic rings. The summed E-state index contributed by atoms with van der Waals surface area (Å²) in [7, 11) is 3.16. The van der Waals surface area contributed by atoms with Crippen LogP contribution in [0.4, 0.5) is 4.79 Å². The summed E-state index contributed by atoms with van der Waals surface area (Å²) in [6, 6.07) is 6.11. The van der Waals surface area contributed by atoms with Crippen LogP contribution in [-0.2, 0) is 9.53 Å². The third kappa shape index (κ3) is 3.88. The van der Waals surface area contributed by atoms with E-state index in [0.717, 1.165) is 5.56 Å². The maximum atomic E-state index is 12.1. The van der Waals surface area contributed by atoms with Crippen LogP contribution >= 0.6 is 0 Å². The number of nitrogens with zero attached hydrogens (tertiary/aromatic N) is 1. The van der Waals surface area contributed by atoms with E-state index in [0.29, 0.717) is 18.8 Å². The third-order valence-electron chi connectivity index (χ3n) is 3.66. The van der Waals surface area contributed by atoms with Gasteiger partial charge in [0.25, 0.3) is 0 Å². The molecule has 1 aromatic carbocycles. The molecule has 0 spiro atoms. The Morgan fingerprint density at radius 1 is 1.32 bits per heavy atom. The molecule has 1 fully saturated rings. The Morgan fingerprint density at radius 3 is 2.45 bits per heavy atom. The van der Waals surface area contributed by atoms with E-state index in [-0.39, 0.29) is 18.6 Å². The van der Waals surface area contributed by atoms with Gasteiger partial charge in [0.15, 0.2) is 0 Å². The highest BCUT2D eigenvalue weighted by Gasteiger charge is 2.32. The summed E-state index contributed by atoms with van der Waals surface area (Å²) in [5.74, 6) is -0.297. The normalized spacial score (nSPS) is 15.8. The number of benzene rings is 1. The number of aliphatic carboxylic acids is 1. The van der Waals surface area contributed by atoms with Crippen molar-refractivity contribution in [2.24, 2.45) is 0 Å². The molecule has 120 valence electrons. The summed E-state index contributed by atoms with van der Waals surface area (Å²) >= 11 is 0. The molecule has 2 rings (SSSR count). The number of amides is 2. The zero-order valence-electron chi connectivity index (χ0n) is 12.6. The van der Waals surface area contributed by atoms with Crippen LogP contribution in [0.3, 0.4) is 0 Å². The van der Waals surface area contributed by atoms with Gasteiger partial charge in [0.05, 0.1) is 38.8 Å². The van der Waals surface area contributed by atoms with E-state index in [1.54, 1.807) is 43.4 Å². The second kappa shape index (κ2) is 7.13. The lowest BCUT2D eigenvalue weighted by Crippen LogP contribution is -2.57. The van der Waals surface area contributed by atoms with Gasteiger partial charge in [0.1, 0.15) is 5.75 Å². The van der Waals surface area contributed by atoms with Gasteiger partial charge in [-0.05, 0) is 17.7 Å². The molecule has 0 radical (unpaired) electrons. The van der Waals surface area contributed by atoms with Gasteiger partial charge in [-0.1, -0.05) is 12.1 Å². The molecule has 0 saturated carbocycles. The number of hydrogen-bond acceptors (Lipinski definition) is 4. The number of methoxy groups -OCH3 is 2. The summed E-state index contributed by atoms with van der Waals surface area (Å²) in [5, 5.41) is 11.8. The van der Waals surface area contributed by atoms with Gasteiger partial charge in [-0.2, -0.15) is 0 Å². The monoisotopic (exact) mass is 308 g/mol. The molecule has 1 saturated heterocycles. The van der Waals surface area contributed by atoms with Crippen LogP contribution in [0.2, 0.25) is 0 Å². The SMILES string of the molecule is COc1ccc(C(CC(=O)O)NC(=O)N2CC(OC)C2)cc1. The molecule has 0 bridgehead atoms.